The standard InChI is InChI=1S/C14H23N3O2S/c1-11(14(15)16)9-17(3)20(18,19)10-12(2)13-7-5-4-6-8-13/h4-8,11-12H,9-10H2,1-3H3,(H3,15,16). The van der Waals surface area contributed by atoms with E-state index in [0.29, 0.717) is 0 Å². The van der Waals surface area contributed by atoms with Gasteiger partial charge in [0.25, 0.3) is 0 Å². The first-order valence-corrected chi connectivity index (χ1v) is 8.18. The fourth-order valence-corrected chi connectivity index (χ4v) is 3.45. The smallest absolute Gasteiger partial charge is 0.214 e. The van der Waals surface area contributed by atoms with Gasteiger partial charge in [-0.3, -0.25) is 5.41 Å². The summed E-state index contributed by atoms with van der Waals surface area (Å²) in [5.74, 6) is -0.292. The molecule has 0 aliphatic rings. The summed E-state index contributed by atoms with van der Waals surface area (Å²) in [5, 5.41) is 7.33. The van der Waals surface area contributed by atoms with Gasteiger partial charge in [0, 0.05) is 19.5 Å². The number of nitrogens with two attached hydrogens (primary N) is 1. The van der Waals surface area contributed by atoms with E-state index in [2.05, 4.69) is 0 Å². The van der Waals surface area contributed by atoms with Crippen LogP contribution in [0.25, 0.3) is 0 Å². The summed E-state index contributed by atoms with van der Waals surface area (Å²) in [6.45, 7) is 3.88. The predicted molar refractivity (Wildman–Crippen MR) is 82.4 cm³/mol. The summed E-state index contributed by atoms with van der Waals surface area (Å²) in [6, 6.07) is 9.57. The van der Waals surface area contributed by atoms with Crippen LogP contribution >= 0.6 is 0 Å². The fourth-order valence-electron chi connectivity index (χ4n) is 1.92. The van der Waals surface area contributed by atoms with E-state index in [4.69, 9.17) is 11.1 Å². The van der Waals surface area contributed by atoms with Crippen LogP contribution in [0.1, 0.15) is 25.3 Å². The van der Waals surface area contributed by atoms with Crippen LogP contribution in [0.2, 0.25) is 0 Å². The first kappa shape index (κ1) is 16.7. The van der Waals surface area contributed by atoms with Gasteiger partial charge in [-0.25, -0.2) is 12.7 Å². The van der Waals surface area contributed by atoms with Crippen molar-refractivity contribution in [1.29, 1.82) is 5.41 Å². The van der Waals surface area contributed by atoms with Gasteiger partial charge in [0.15, 0.2) is 0 Å². The van der Waals surface area contributed by atoms with E-state index in [0.717, 1.165) is 5.56 Å². The molecule has 0 spiro atoms. The van der Waals surface area contributed by atoms with Crippen LogP contribution in [0, 0.1) is 11.3 Å². The molecule has 5 nitrogen and oxygen atoms in total. The second-order valence-corrected chi connectivity index (χ2v) is 7.35. The Labute approximate surface area is 121 Å². The van der Waals surface area contributed by atoms with Crippen molar-refractivity contribution >= 4 is 15.9 Å². The maximum atomic E-state index is 12.3. The lowest BCUT2D eigenvalue weighted by Gasteiger charge is -2.22. The van der Waals surface area contributed by atoms with E-state index in [1.807, 2.05) is 37.3 Å². The second kappa shape index (κ2) is 6.85. The third-order valence-electron chi connectivity index (χ3n) is 3.37. The van der Waals surface area contributed by atoms with Crippen molar-refractivity contribution in [2.75, 3.05) is 19.3 Å². The minimum absolute atomic E-state index is 0.00292. The normalized spacial score (nSPS) is 15.0. The lowest BCUT2D eigenvalue weighted by Crippen LogP contribution is -2.37. The van der Waals surface area contributed by atoms with E-state index >= 15 is 0 Å². The Morgan fingerprint density at radius 2 is 1.85 bits per heavy atom. The highest BCUT2D eigenvalue weighted by atomic mass is 32.2. The highest BCUT2D eigenvalue weighted by Crippen LogP contribution is 2.18. The zero-order valence-electron chi connectivity index (χ0n) is 12.2. The number of nitrogens with one attached hydrogen (secondary N) is 1. The third kappa shape index (κ3) is 4.61. The largest absolute Gasteiger partial charge is 0.387 e. The van der Waals surface area contributed by atoms with E-state index in [9.17, 15) is 8.42 Å². The molecular formula is C14H23N3O2S. The molecule has 1 aromatic carbocycles. The van der Waals surface area contributed by atoms with Crippen LogP contribution in [-0.2, 0) is 10.0 Å². The number of amidine groups is 1. The number of hydrogen-bond acceptors (Lipinski definition) is 3. The maximum Gasteiger partial charge on any atom is 0.214 e. The first-order valence-electron chi connectivity index (χ1n) is 6.57. The molecule has 6 heteroatoms. The molecule has 112 valence electrons. The molecule has 2 atom stereocenters. The van der Waals surface area contributed by atoms with Crippen molar-refractivity contribution in [3.8, 4) is 0 Å². The number of benzene rings is 1. The molecule has 0 aromatic heterocycles. The Bertz CT molecular complexity index is 543. The zero-order valence-corrected chi connectivity index (χ0v) is 13.0. The summed E-state index contributed by atoms with van der Waals surface area (Å²) in [6.07, 6.45) is 0. The van der Waals surface area contributed by atoms with Gasteiger partial charge < -0.3 is 5.73 Å². The Morgan fingerprint density at radius 1 is 1.30 bits per heavy atom. The summed E-state index contributed by atoms with van der Waals surface area (Å²) >= 11 is 0. The molecule has 3 N–H and O–H groups in total. The van der Waals surface area contributed by atoms with Crippen molar-refractivity contribution in [1.82, 2.24) is 4.31 Å². The minimum Gasteiger partial charge on any atom is -0.387 e. The van der Waals surface area contributed by atoms with Gasteiger partial charge in [0.2, 0.25) is 10.0 Å². The van der Waals surface area contributed by atoms with Crippen molar-refractivity contribution in [3.63, 3.8) is 0 Å². The Kier molecular flexibility index (Phi) is 5.71. The van der Waals surface area contributed by atoms with Crippen LogP contribution < -0.4 is 5.73 Å². The molecule has 0 saturated heterocycles. The summed E-state index contributed by atoms with van der Waals surface area (Å²) in [7, 11) is -1.82. The molecule has 0 bridgehead atoms. The van der Waals surface area contributed by atoms with Gasteiger partial charge >= 0.3 is 0 Å². The number of rotatable bonds is 7. The summed E-state index contributed by atoms with van der Waals surface area (Å²) in [4.78, 5) is 0. The maximum absolute atomic E-state index is 12.3. The average Bonchev–Trinajstić information content (AvgIpc) is 2.38. The summed E-state index contributed by atoms with van der Waals surface area (Å²) in [5.41, 5.74) is 6.39. The highest BCUT2D eigenvalue weighted by Gasteiger charge is 2.24. The van der Waals surface area contributed by atoms with Crippen LogP contribution in [0.3, 0.4) is 0 Å². The van der Waals surface area contributed by atoms with E-state index in [1.165, 1.54) is 11.4 Å². The Hall–Kier alpha value is -1.40. The van der Waals surface area contributed by atoms with Gasteiger partial charge in [-0.1, -0.05) is 44.2 Å². The Balaban J connectivity index is 2.72. The molecule has 0 radical (unpaired) electrons. The lowest BCUT2D eigenvalue weighted by atomic mass is 10.0. The number of sulfonamides is 1. The molecule has 0 saturated carbocycles. The van der Waals surface area contributed by atoms with Gasteiger partial charge in [0.05, 0.1) is 11.6 Å². The molecule has 0 aliphatic carbocycles. The molecule has 20 heavy (non-hydrogen) atoms. The highest BCUT2D eigenvalue weighted by molar-refractivity contribution is 7.89. The second-order valence-electron chi connectivity index (χ2n) is 5.23. The fraction of sp³-hybridized carbons (Fsp3) is 0.500. The third-order valence-corrected chi connectivity index (χ3v) is 5.39. The minimum atomic E-state index is -3.36. The van der Waals surface area contributed by atoms with E-state index in [1.54, 1.807) is 6.92 Å². The zero-order chi connectivity index (χ0) is 15.3. The molecule has 1 rings (SSSR count). The van der Waals surface area contributed by atoms with E-state index < -0.39 is 10.0 Å². The van der Waals surface area contributed by atoms with E-state index in [-0.39, 0.29) is 30.0 Å². The van der Waals surface area contributed by atoms with Crippen LogP contribution in [0.5, 0.6) is 0 Å². The van der Waals surface area contributed by atoms with Gasteiger partial charge in [-0.05, 0) is 11.5 Å². The van der Waals surface area contributed by atoms with Crippen molar-refractivity contribution < 1.29 is 8.42 Å². The van der Waals surface area contributed by atoms with Gasteiger partial charge in [-0.15, -0.1) is 0 Å². The molecule has 0 aliphatic heterocycles. The lowest BCUT2D eigenvalue weighted by molar-refractivity contribution is 0.441. The monoisotopic (exact) mass is 297 g/mol. The molecule has 0 fully saturated rings. The number of hydrogen-bond donors (Lipinski definition) is 2. The van der Waals surface area contributed by atoms with Crippen LogP contribution in [-0.4, -0.2) is 37.9 Å². The predicted octanol–water partition coefficient (Wildman–Crippen LogP) is 1.62. The topological polar surface area (TPSA) is 87.2 Å². The van der Waals surface area contributed by atoms with Crippen LogP contribution in [0.4, 0.5) is 0 Å². The molecule has 0 heterocycles. The summed E-state index contributed by atoms with van der Waals surface area (Å²) < 4.78 is 25.9. The van der Waals surface area contributed by atoms with Crippen LogP contribution in [0.15, 0.2) is 30.3 Å². The van der Waals surface area contributed by atoms with Gasteiger partial charge in [-0.2, -0.15) is 0 Å². The quantitative estimate of drug-likeness (QED) is 0.592. The average molecular weight is 297 g/mol. The number of nitrogens with zero attached hydrogens (tertiary/aromatic N) is 1. The van der Waals surface area contributed by atoms with Crippen molar-refractivity contribution in [2.24, 2.45) is 11.7 Å². The first-order chi connectivity index (χ1) is 9.24. The molecule has 0 amide bonds. The Morgan fingerprint density at radius 3 is 2.35 bits per heavy atom. The molecule has 2 unspecified atom stereocenters. The molecular weight excluding hydrogens is 274 g/mol. The molecule has 1 aromatic rings. The van der Waals surface area contributed by atoms with Gasteiger partial charge in [0.1, 0.15) is 0 Å². The van der Waals surface area contributed by atoms with Crippen molar-refractivity contribution in [2.45, 2.75) is 19.8 Å². The van der Waals surface area contributed by atoms with Crippen molar-refractivity contribution in [3.05, 3.63) is 35.9 Å². The SMILES string of the molecule is CC(CN(C)S(=O)(=O)CC(C)c1ccccc1)C(=N)N.